The van der Waals surface area contributed by atoms with Crippen molar-refractivity contribution in [3.8, 4) is 5.82 Å². The van der Waals surface area contributed by atoms with Crippen molar-refractivity contribution in [2.45, 2.75) is 32.9 Å². The van der Waals surface area contributed by atoms with Crippen molar-refractivity contribution in [3.63, 3.8) is 0 Å². The Morgan fingerprint density at radius 3 is 2.45 bits per heavy atom. The maximum Gasteiger partial charge on any atom is 0.174 e. The van der Waals surface area contributed by atoms with E-state index in [1.807, 2.05) is 48.4 Å². The van der Waals surface area contributed by atoms with Gasteiger partial charge >= 0.3 is 0 Å². The quantitative estimate of drug-likeness (QED) is 0.410. The molecule has 1 saturated heterocycles. The zero-order chi connectivity index (χ0) is 23.1. The number of thiocarbonyl (C=S) groups is 1. The van der Waals surface area contributed by atoms with Crippen LogP contribution in [-0.4, -0.2) is 19.6 Å². The van der Waals surface area contributed by atoms with Crippen LogP contribution in [0.1, 0.15) is 40.3 Å². The highest BCUT2D eigenvalue weighted by Crippen LogP contribution is 2.44. The number of nitrogens with one attached hydrogen (secondary N) is 1. The molecule has 1 N–H and O–H groups in total. The number of nitrogens with zero attached hydrogens (tertiary/aromatic N) is 4. The van der Waals surface area contributed by atoms with Crippen molar-refractivity contribution in [2.24, 2.45) is 0 Å². The molecule has 33 heavy (non-hydrogen) atoms. The predicted molar refractivity (Wildman–Crippen MR) is 132 cm³/mol. The van der Waals surface area contributed by atoms with Crippen LogP contribution in [0.2, 0.25) is 0 Å². The molecule has 1 aliphatic heterocycles. The van der Waals surface area contributed by atoms with Gasteiger partial charge in [0.15, 0.2) is 5.11 Å². The Kier molecular flexibility index (Phi) is 5.42. The maximum absolute atomic E-state index is 15.0. The second-order valence-electron chi connectivity index (χ2n) is 8.30. The van der Waals surface area contributed by atoms with Gasteiger partial charge in [-0.05, 0) is 80.5 Å². The van der Waals surface area contributed by atoms with Gasteiger partial charge in [0, 0.05) is 23.8 Å². The van der Waals surface area contributed by atoms with Crippen LogP contribution in [0.4, 0.5) is 10.1 Å². The van der Waals surface area contributed by atoms with Crippen LogP contribution in [0, 0.1) is 26.6 Å². The van der Waals surface area contributed by atoms with Gasteiger partial charge in [-0.3, -0.25) is 4.98 Å². The summed E-state index contributed by atoms with van der Waals surface area (Å²) in [6.45, 7) is 6.15. The molecule has 3 aromatic heterocycles. The SMILES string of the molecule is Cc1ccc(-n2c(C)cc([C@@H]3[C@@H](c4ccccn4)NC(=S)N3c3ccccc3F)c2C)nc1. The van der Waals surface area contributed by atoms with Gasteiger partial charge in [-0.1, -0.05) is 24.3 Å². The second kappa shape index (κ2) is 8.41. The summed E-state index contributed by atoms with van der Waals surface area (Å²) in [6, 6.07) is 18.2. The van der Waals surface area contributed by atoms with Gasteiger partial charge in [0.1, 0.15) is 11.6 Å². The molecule has 0 spiro atoms. The van der Waals surface area contributed by atoms with Crippen LogP contribution < -0.4 is 10.2 Å². The van der Waals surface area contributed by atoms with Crippen molar-refractivity contribution in [3.05, 3.63) is 107 Å². The summed E-state index contributed by atoms with van der Waals surface area (Å²) < 4.78 is 17.1. The average Bonchev–Trinajstić information content (AvgIpc) is 3.31. The number of benzene rings is 1. The highest BCUT2D eigenvalue weighted by molar-refractivity contribution is 7.80. The molecule has 166 valence electrons. The topological polar surface area (TPSA) is 46.0 Å². The van der Waals surface area contributed by atoms with E-state index in [1.165, 1.54) is 6.07 Å². The molecule has 1 fully saturated rings. The molecule has 5 nitrogen and oxygen atoms in total. The number of pyridine rings is 2. The van der Waals surface area contributed by atoms with Gasteiger partial charge in [0.2, 0.25) is 0 Å². The van der Waals surface area contributed by atoms with Crippen molar-refractivity contribution in [1.82, 2.24) is 19.9 Å². The van der Waals surface area contributed by atoms with E-state index in [0.29, 0.717) is 10.8 Å². The van der Waals surface area contributed by atoms with E-state index < -0.39 is 0 Å². The fourth-order valence-electron chi connectivity index (χ4n) is 4.61. The summed E-state index contributed by atoms with van der Waals surface area (Å²) in [4.78, 5) is 11.1. The van der Waals surface area contributed by atoms with E-state index in [4.69, 9.17) is 12.2 Å². The van der Waals surface area contributed by atoms with Crippen LogP contribution in [0.3, 0.4) is 0 Å². The smallest absolute Gasteiger partial charge is 0.174 e. The Bertz CT molecular complexity index is 1320. The fraction of sp³-hybridized carbons (Fsp3) is 0.192. The lowest BCUT2D eigenvalue weighted by atomic mass is 9.96. The molecule has 0 unspecified atom stereocenters. The van der Waals surface area contributed by atoms with Crippen molar-refractivity contribution in [1.29, 1.82) is 0 Å². The first-order chi connectivity index (χ1) is 16.0. The first kappa shape index (κ1) is 21.3. The van der Waals surface area contributed by atoms with E-state index >= 15 is 0 Å². The minimum absolute atomic E-state index is 0.238. The molecule has 0 aliphatic carbocycles. The molecule has 1 aliphatic rings. The molecule has 4 aromatic rings. The largest absolute Gasteiger partial charge is 0.351 e. The molecule has 0 amide bonds. The Morgan fingerprint density at radius 1 is 0.970 bits per heavy atom. The van der Waals surface area contributed by atoms with Gasteiger partial charge in [-0.25, -0.2) is 9.37 Å². The predicted octanol–water partition coefficient (Wildman–Crippen LogP) is 5.51. The Labute approximate surface area is 197 Å². The Morgan fingerprint density at radius 2 is 1.76 bits per heavy atom. The van der Waals surface area contributed by atoms with Crippen LogP contribution >= 0.6 is 12.2 Å². The molecular weight excluding hydrogens is 433 g/mol. The van der Waals surface area contributed by atoms with Crippen molar-refractivity contribution >= 4 is 23.0 Å². The molecule has 0 bridgehead atoms. The van der Waals surface area contributed by atoms with E-state index in [1.54, 1.807) is 18.3 Å². The third kappa shape index (κ3) is 3.68. The summed E-state index contributed by atoms with van der Waals surface area (Å²) in [7, 11) is 0. The molecule has 7 heteroatoms. The van der Waals surface area contributed by atoms with Crippen molar-refractivity contribution < 1.29 is 4.39 Å². The molecule has 1 aromatic carbocycles. The van der Waals surface area contributed by atoms with Gasteiger partial charge in [0.25, 0.3) is 0 Å². The Balaban J connectivity index is 1.69. The third-order valence-electron chi connectivity index (χ3n) is 6.12. The maximum atomic E-state index is 15.0. The highest BCUT2D eigenvalue weighted by atomic mass is 32.1. The second-order valence-corrected chi connectivity index (χ2v) is 8.69. The van der Waals surface area contributed by atoms with E-state index in [-0.39, 0.29) is 17.9 Å². The molecule has 0 saturated carbocycles. The lowest BCUT2D eigenvalue weighted by molar-refractivity contribution is 0.556. The summed E-state index contributed by atoms with van der Waals surface area (Å²) in [6.07, 6.45) is 3.63. The lowest BCUT2D eigenvalue weighted by Crippen LogP contribution is -2.30. The van der Waals surface area contributed by atoms with Gasteiger partial charge in [-0.2, -0.15) is 0 Å². The number of hydrogen-bond acceptors (Lipinski definition) is 3. The first-order valence-electron chi connectivity index (χ1n) is 10.8. The van der Waals surface area contributed by atoms with E-state index in [2.05, 4.69) is 45.8 Å². The number of para-hydroxylation sites is 1. The van der Waals surface area contributed by atoms with Gasteiger partial charge in [-0.15, -0.1) is 0 Å². The van der Waals surface area contributed by atoms with Gasteiger partial charge < -0.3 is 14.8 Å². The number of aromatic nitrogens is 3. The van der Waals surface area contributed by atoms with Crippen LogP contribution in [0.15, 0.2) is 73.1 Å². The monoisotopic (exact) mass is 457 g/mol. The fourth-order valence-corrected chi connectivity index (χ4v) is 4.95. The minimum Gasteiger partial charge on any atom is -0.351 e. The molecule has 2 atom stereocenters. The average molecular weight is 458 g/mol. The zero-order valence-electron chi connectivity index (χ0n) is 18.7. The lowest BCUT2D eigenvalue weighted by Gasteiger charge is -2.28. The summed E-state index contributed by atoms with van der Waals surface area (Å²) in [5.41, 5.74) is 5.51. The molecular formula is C26H24FN5S. The molecule has 5 rings (SSSR count). The Hall–Kier alpha value is -3.58. The van der Waals surface area contributed by atoms with E-state index in [0.717, 1.165) is 34.0 Å². The number of aryl methyl sites for hydroxylation is 2. The zero-order valence-corrected chi connectivity index (χ0v) is 19.5. The standard InChI is InChI=1S/C26H24FN5S/c1-16-11-12-23(29-15-16)31-17(2)14-19(18(31)3)25-24(21-9-6-7-13-28-21)30-26(33)32(25)22-10-5-4-8-20(22)27/h4-15,24-25H,1-3H3,(H,30,33)/t24-,25-/m1/s1. The normalized spacial score (nSPS) is 17.9. The number of rotatable bonds is 4. The van der Waals surface area contributed by atoms with Crippen LogP contribution in [0.25, 0.3) is 5.82 Å². The third-order valence-corrected chi connectivity index (χ3v) is 6.44. The summed E-state index contributed by atoms with van der Waals surface area (Å²) >= 11 is 5.73. The summed E-state index contributed by atoms with van der Waals surface area (Å²) in [5.74, 6) is 0.532. The minimum atomic E-state index is -0.317. The molecule has 4 heterocycles. The van der Waals surface area contributed by atoms with E-state index in [9.17, 15) is 4.39 Å². The molecule has 0 radical (unpaired) electrons. The van der Waals surface area contributed by atoms with Crippen molar-refractivity contribution in [2.75, 3.05) is 4.90 Å². The van der Waals surface area contributed by atoms with Gasteiger partial charge in [0.05, 0.1) is 23.5 Å². The highest BCUT2D eigenvalue weighted by Gasteiger charge is 2.43. The number of anilines is 1. The number of halogens is 1. The number of hydrogen-bond donors (Lipinski definition) is 1. The van der Waals surface area contributed by atoms with Crippen LogP contribution in [0.5, 0.6) is 0 Å². The van der Waals surface area contributed by atoms with Crippen LogP contribution in [-0.2, 0) is 0 Å². The summed E-state index contributed by atoms with van der Waals surface area (Å²) in [5, 5.41) is 3.87. The first-order valence-corrected chi connectivity index (χ1v) is 11.2.